The lowest BCUT2D eigenvalue weighted by molar-refractivity contribution is 0.401. The van der Waals surface area contributed by atoms with E-state index in [1.807, 2.05) is 54.6 Å². The molecule has 0 aliphatic carbocycles. The van der Waals surface area contributed by atoms with E-state index in [1.165, 1.54) is 0 Å². The van der Waals surface area contributed by atoms with Crippen LogP contribution in [-0.2, 0) is 10.7 Å². The quantitative estimate of drug-likeness (QED) is 0.613. The standard InChI is InChI=1S/C21H20O4P2/c1-23-18-12-21(19(24-2)11-14(18)13-26)27(22)20-10-6-4-8-16(20)15-7-3-5-9-17(15)25-27/h3-12H,13,26H2,1-2H3. The average molecular weight is 398 g/mol. The fourth-order valence-corrected chi connectivity index (χ4v) is 6.17. The molecule has 1 heterocycles. The number of hydrogen-bond acceptors (Lipinski definition) is 4. The molecule has 2 unspecified atom stereocenters. The minimum absolute atomic E-state index is 0.506. The van der Waals surface area contributed by atoms with E-state index in [4.69, 9.17) is 14.0 Å². The van der Waals surface area contributed by atoms with Gasteiger partial charge >= 0.3 is 7.37 Å². The summed E-state index contributed by atoms with van der Waals surface area (Å²) < 4.78 is 31.6. The molecule has 0 aromatic heterocycles. The molecule has 1 aliphatic heterocycles. The third kappa shape index (κ3) is 2.84. The molecule has 1 aliphatic rings. The van der Waals surface area contributed by atoms with Crippen LogP contribution in [0.4, 0.5) is 0 Å². The molecule has 0 fully saturated rings. The van der Waals surface area contributed by atoms with Crippen molar-refractivity contribution < 1.29 is 18.6 Å². The Bertz CT molecular complexity index is 1060. The monoisotopic (exact) mass is 398 g/mol. The Balaban J connectivity index is 2.01. The minimum atomic E-state index is -3.42. The Morgan fingerprint density at radius 3 is 2.26 bits per heavy atom. The van der Waals surface area contributed by atoms with E-state index >= 15 is 0 Å². The van der Waals surface area contributed by atoms with Crippen molar-refractivity contribution in [1.82, 2.24) is 0 Å². The van der Waals surface area contributed by atoms with E-state index in [2.05, 4.69) is 9.24 Å². The van der Waals surface area contributed by atoms with E-state index in [9.17, 15) is 4.57 Å². The van der Waals surface area contributed by atoms with E-state index in [-0.39, 0.29) is 0 Å². The summed E-state index contributed by atoms with van der Waals surface area (Å²) in [6, 6.07) is 19.0. The molecular formula is C21H20O4P2. The molecule has 3 aromatic carbocycles. The van der Waals surface area contributed by atoms with Gasteiger partial charge in [0, 0.05) is 11.1 Å². The number of methoxy groups -OCH3 is 2. The molecule has 2 atom stereocenters. The third-order valence-corrected chi connectivity index (χ3v) is 7.65. The highest BCUT2D eigenvalue weighted by atomic mass is 31.2. The van der Waals surface area contributed by atoms with Gasteiger partial charge < -0.3 is 14.0 Å². The fraction of sp³-hybridized carbons (Fsp3) is 0.143. The largest absolute Gasteiger partial charge is 0.496 e. The van der Waals surface area contributed by atoms with Crippen LogP contribution in [0.5, 0.6) is 17.2 Å². The van der Waals surface area contributed by atoms with E-state index in [0.29, 0.717) is 34.0 Å². The molecule has 0 radical (unpaired) electrons. The molecule has 4 nitrogen and oxygen atoms in total. The fourth-order valence-electron chi connectivity index (χ4n) is 3.43. The van der Waals surface area contributed by atoms with Crippen molar-refractivity contribution in [3.8, 4) is 28.4 Å². The van der Waals surface area contributed by atoms with Gasteiger partial charge in [0.1, 0.15) is 17.2 Å². The molecule has 0 saturated heterocycles. The molecule has 0 saturated carbocycles. The average Bonchev–Trinajstić information content (AvgIpc) is 2.73. The molecule has 4 rings (SSSR count). The van der Waals surface area contributed by atoms with Gasteiger partial charge in [-0.05, 0) is 36.0 Å². The van der Waals surface area contributed by atoms with Gasteiger partial charge in [0.15, 0.2) is 0 Å². The van der Waals surface area contributed by atoms with Gasteiger partial charge in [0.25, 0.3) is 0 Å². The molecular weight excluding hydrogens is 378 g/mol. The maximum atomic E-state index is 14.3. The van der Waals surface area contributed by atoms with Crippen molar-refractivity contribution in [2.24, 2.45) is 0 Å². The molecule has 0 N–H and O–H groups in total. The highest BCUT2D eigenvalue weighted by Crippen LogP contribution is 2.55. The molecule has 0 bridgehead atoms. The van der Waals surface area contributed by atoms with Crippen molar-refractivity contribution >= 4 is 27.2 Å². The van der Waals surface area contributed by atoms with E-state index in [1.54, 1.807) is 20.3 Å². The summed E-state index contributed by atoms with van der Waals surface area (Å²) in [6.07, 6.45) is 0.699. The summed E-state index contributed by atoms with van der Waals surface area (Å²) in [5, 5.41) is 1.17. The Morgan fingerprint density at radius 2 is 1.56 bits per heavy atom. The van der Waals surface area contributed by atoms with Crippen LogP contribution in [0.2, 0.25) is 0 Å². The molecule has 3 aromatic rings. The number of fused-ring (bicyclic) bond motifs is 3. The van der Waals surface area contributed by atoms with Crippen molar-refractivity contribution in [3.63, 3.8) is 0 Å². The number of para-hydroxylation sites is 1. The topological polar surface area (TPSA) is 44.8 Å². The maximum absolute atomic E-state index is 14.3. The lowest BCUT2D eigenvalue weighted by atomic mass is 10.0. The first-order valence-corrected chi connectivity index (χ1v) is 11.0. The SMILES string of the molecule is COc1cc(P2(=O)Oc3ccccc3-c3ccccc32)c(OC)cc1CP. The Morgan fingerprint density at radius 1 is 0.889 bits per heavy atom. The van der Waals surface area contributed by atoms with Gasteiger partial charge in [-0.15, -0.1) is 9.24 Å². The Hall–Kier alpha value is -2.28. The summed E-state index contributed by atoms with van der Waals surface area (Å²) in [4.78, 5) is 0. The van der Waals surface area contributed by atoms with Gasteiger partial charge in [-0.1, -0.05) is 36.4 Å². The smallest absolute Gasteiger partial charge is 0.311 e. The predicted molar refractivity (Wildman–Crippen MR) is 112 cm³/mol. The number of ether oxygens (including phenoxy) is 2. The normalized spacial score (nSPS) is 17.4. The van der Waals surface area contributed by atoms with Crippen LogP contribution in [0.3, 0.4) is 0 Å². The van der Waals surface area contributed by atoms with Crippen LogP contribution in [0.25, 0.3) is 11.1 Å². The van der Waals surface area contributed by atoms with Gasteiger partial charge in [-0.2, -0.15) is 0 Å². The second-order valence-electron chi connectivity index (χ2n) is 6.20. The van der Waals surface area contributed by atoms with E-state index < -0.39 is 7.37 Å². The zero-order valence-corrected chi connectivity index (χ0v) is 17.2. The number of benzene rings is 3. The lowest BCUT2D eigenvalue weighted by Gasteiger charge is -2.30. The second-order valence-corrected chi connectivity index (χ2v) is 8.85. The highest BCUT2D eigenvalue weighted by molar-refractivity contribution is 7.75. The predicted octanol–water partition coefficient (Wildman–Crippen LogP) is 4.37. The summed E-state index contributed by atoms with van der Waals surface area (Å²) in [7, 11) is 2.43. The van der Waals surface area contributed by atoms with Gasteiger partial charge in [0.05, 0.1) is 24.8 Å². The second kappa shape index (κ2) is 7.03. The molecule has 138 valence electrons. The van der Waals surface area contributed by atoms with Crippen molar-refractivity contribution in [2.45, 2.75) is 6.16 Å². The zero-order chi connectivity index (χ0) is 19.0. The Kier molecular flexibility index (Phi) is 4.72. The van der Waals surface area contributed by atoms with Crippen molar-refractivity contribution in [1.29, 1.82) is 0 Å². The molecule has 27 heavy (non-hydrogen) atoms. The highest BCUT2D eigenvalue weighted by Gasteiger charge is 2.40. The third-order valence-electron chi connectivity index (χ3n) is 4.74. The summed E-state index contributed by atoms with van der Waals surface area (Å²) in [5.74, 6) is 1.80. The van der Waals surface area contributed by atoms with Gasteiger partial charge in [0.2, 0.25) is 0 Å². The van der Waals surface area contributed by atoms with Gasteiger partial charge in [-0.25, -0.2) is 0 Å². The number of rotatable bonds is 4. The van der Waals surface area contributed by atoms with Crippen molar-refractivity contribution in [2.75, 3.05) is 14.2 Å². The first-order valence-electron chi connectivity index (χ1n) is 8.56. The van der Waals surface area contributed by atoms with Gasteiger partial charge in [-0.3, -0.25) is 4.57 Å². The number of hydrogen-bond donors (Lipinski definition) is 0. The molecule has 6 heteroatoms. The summed E-state index contributed by atoms with van der Waals surface area (Å²) in [6.45, 7) is 0. The van der Waals surface area contributed by atoms with Crippen LogP contribution < -0.4 is 24.6 Å². The van der Waals surface area contributed by atoms with Crippen LogP contribution in [0, 0.1) is 0 Å². The van der Waals surface area contributed by atoms with Crippen LogP contribution in [0.1, 0.15) is 5.56 Å². The van der Waals surface area contributed by atoms with Crippen LogP contribution in [0.15, 0.2) is 60.7 Å². The van der Waals surface area contributed by atoms with Crippen LogP contribution in [-0.4, -0.2) is 14.2 Å². The first kappa shape index (κ1) is 18.1. The summed E-state index contributed by atoms with van der Waals surface area (Å²) >= 11 is 0. The molecule has 0 spiro atoms. The maximum Gasteiger partial charge on any atom is 0.311 e. The lowest BCUT2D eigenvalue weighted by Crippen LogP contribution is -2.26. The van der Waals surface area contributed by atoms with Crippen LogP contribution >= 0.6 is 16.6 Å². The van der Waals surface area contributed by atoms with Crippen molar-refractivity contribution in [3.05, 3.63) is 66.2 Å². The Labute approximate surface area is 161 Å². The zero-order valence-electron chi connectivity index (χ0n) is 15.1. The summed E-state index contributed by atoms with van der Waals surface area (Å²) in [5.41, 5.74) is 2.81. The van der Waals surface area contributed by atoms with E-state index in [0.717, 1.165) is 16.7 Å². The minimum Gasteiger partial charge on any atom is -0.496 e. The molecule has 0 amide bonds. The first-order chi connectivity index (χ1) is 13.1.